The highest BCUT2D eigenvalue weighted by Crippen LogP contribution is 2.38. The zero-order valence-corrected chi connectivity index (χ0v) is 21.5. The van der Waals surface area contributed by atoms with Crippen LogP contribution in [-0.2, 0) is 24.3 Å². The largest absolute Gasteiger partial charge is 0.379 e. The van der Waals surface area contributed by atoms with E-state index in [-0.39, 0.29) is 28.7 Å². The third kappa shape index (κ3) is 5.70. The highest BCUT2D eigenvalue weighted by molar-refractivity contribution is 7.89. The van der Waals surface area contributed by atoms with Gasteiger partial charge in [0.05, 0.1) is 24.5 Å². The molecule has 2 aliphatic heterocycles. The first kappa shape index (κ1) is 25.7. The van der Waals surface area contributed by atoms with Crippen molar-refractivity contribution in [1.29, 1.82) is 0 Å². The van der Waals surface area contributed by atoms with E-state index in [9.17, 15) is 18.0 Å². The van der Waals surface area contributed by atoms with Gasteiger partial charge in [0.25, 0.3) is 10.0 Å². The van der Waals surface area contributed by atoms with Gasteiger partial charge < -0.3 is 15.4 Å². The fourth-order valence-electron chi connectivity index (χ4n) is 5.32. The molecule has 10 heteroatoms. The molecule has 2 amide bonds. The third-order valence-electron chi connectivity index (χ3n) is 7.42. The van der Waals surface area contributed by atoms with Gasteiger partial charge in [-0.15, -0.1) is 0 Å². The van der Waals surface area contributed by atoms with E-state index in [4.69, 9.17) is 4.74 Å². The second-order valence-corrected chi connectivity index (χ2v) is 12.2. The zero-order chi connectivity index (χ0) is 25.2. The summed E-state index contributed by atoms with van der Waals surface area (Å²) in [6, 6.07) is 5.70. The molecule has 192 valence electrons. The molecule has 0 bridgehead atoms. The van der Waals surface area contributed by atoms with E-state index in [1.165, 1.54) is 24.5 Å². The normalized spacial score (nSPS) is 27.3. The lowest BCUT2D eigenvalue weighted by atomic mass is 9.70. The maximum Gasteiger partial charge on any atom is 0.264 e. The Kier molecular flexibility index (Phi) is 7.54. The van der Waals surface area contributed by atoms with Crippen molar-refractivity contribution in [3.8, 4) is 0 Å². The average molecular weight is 505 g/mol. The number of benzene rings is 1. The number of amides is 2. The lowest BCUT2D eigenvalue weighted by Crippen LogP contribution is -2.56. The summed E-state index contributed by atoms with van der Waals surface area (Å²) in [5, 5.41) is 5.65. The number of hydrogen-bond donors (Lipinski definition) is 2. The number of nitrogens with zero attached hydrogens (tertiary/aromatic N) is 2. The molecule has 2 heterocycles. The predicted octanol–water partition coefficient (Wildman–Crippen LogP) is 1.74. The van der Waals surface area contributed by atoms with E-state index in [1.54, 1.807) is 12.1 Å². The summed E-state index contributed by atoms with van der Waals surface area (Å²) in [5.41, 5.74) is 0.803. The molecule has 2 N–H and O–H groups in total. The number of hydrogen-bond acceptors (Lipinski definition) is 6. The summed E-state index contributed by atoms with van der Waals surface area (Å²) in [6.45, 7) is 9.59. The molecule has 9 nitrogen and oxygen atoms in total. The Bertz CT molecular complexity index is 1060. The molecular weight excluding hydrogens is 468 g/mol. The predicted molar refractivity (Wildman–Crippen MR) is 132 cm³/mol. The summed E-state index contributed by atoms with van der Waals surface area (Å²) in [5.74, 6) is -0.846. The molecule has 3 atom stereocenters. The van der Waals surface area contributed by atoms with Gasteiger partial charge in [0, 0.05) is 37.6 Å². The topological polar surface area (TPSA) is 108 Å². The van der Waals surface area contributed by atoms with Gasteiger partial charge in [-0.25, -0.2) is 8.42 Å². The number of sulfonamides is 1. The average Bonchev–Trinajstić information content (AvgIpc) is 2.82. The molecule has 0 radical (unpaired) electrons. The number of carbonyl (C=O) groups excluding carboxylic acids is 2. The van der Waals surface area contributed by atoms with Crippen LogP contribution in [0.4, 0.5) is 0 Å². The number of carbonyl (C=O) groups is 2. The monoisotopic (exact) mass is 504 g/mol. The third-order valence-corrected chi connectivity index (χ3v) is 9.22. The first-order chi connectivity index (χ1) is 16.6. The first-order valence-electron chi connectivity index (χ1n) is 12.3. The van der Waals surface area contributed by atoms with Crippen LogP contribution in [0, 0.1) is 12.3 Å². The van der Waals surface area contributed by atoms with E-state index in [0.29, 0.717) is 6.04 Å². The minimum absolute atomic E-state index is 0.0448. The van der Waals surface area contributed by atoms with Crippen molar-refractivity contribution in [3.05, 3.63) is 42.2 Å². The van der Waals surface area contributed by atoms with Crippen LogP contribution in [-0.4, -0.2) is 73.9 Å². The molecule has 1 saturated heterocycles. The Morgan fingerprint density at radius 2 is 1.86 bits per heavy atom. The Balaban J connectivity index is 1.42. The Labute approximate surface area is 207 Å². The molecule has 1 aromatic rings. The number of ether oxygens (including phenoxy) is 1. The minimum Gasteiger partial charge on any atom is -0.379 e. The van der Waals surface area contributed by atoms with Crippen LogP contribution in [0.2, 0.25) is 0 Å². The standard InChI is InChI=1S/C25H36N4O5S/c1-18-4-7-20(8-5-18)35(32,33)29-11-10-26-24(31)21(29)16-23(30)27-22-9-6-19(17-25(22,2)3)28-12-14-34-15-13-28/h4-5,7-8,10-11,19,21-22H,6,9,12-17H2,1-3H3,(H,26,31)(H,27,30)/t19?,21-,22?/m1/s1. The van der Waals surface area contributed by atoms with Gasteiger partial charge in [-0.3, -0.25) is 18.8 Å². The summed E-state index contributed by atoms with van der Waals surface area (Å²) in [7, 11) is -3.99. The van der Waals surface area contributed by atoms with Crippen molar-refractivity contribution >= 4 is 21.8 Å². The summed E-state index contributed by atoms with van der Waals surface area (Å²) in [4.78, 5) is 28.3. The lowest BCUT2D eigenvalue weighted by Gasteiger charge is -2.47. The molecular formula is C25H36N4O5S. The fraction of sp³-hybridized carbons (Fsp3) is 0.600. The maximum absolute atomic E-state index is 13.3. The van der Waals surface area contributed by atoms with Crippen LogP contribution in [0.15, 0.2) is 41.6 Å². The van der Waals surface area contributed by atoms with Crippen LogP contribution in [0.1, 0.15) is 45.1 Å². The van der Waals surface area contributed by atoms with Crippen LogP contribution in [0.25, 0.3) is 0 Å². The Morgan fingerprint density at radius 1 is 1.17 bits per heavy atom. The van der Waals surface area contributed by atoms with Gasteiger partial charge in [0.1, 0.15) is 6.04 Å². The van der Waals surface area contributed by atoms with E-state index < -0.39 is 22.0 Å². The summed E-state index contributed by atoms with van der Waals surface area (Å²) in [6.07, 6.45) is 5.13. The van der Waals surface area contributed by atoms with E-state index in [2.05, 4.69) is 29.4 Å². The Hall–Kier alpha value is -2.43. The van der Waals surface area contributed by atoms with Gasteiger partial charge in [-0.2, -0.15) is 0 Å². The quantitative estimate of drug-likeness (QED) is 0.611. The molecule has 2 unspecified atom stereocenters. The molecule has 1 saturated carbocycles. The van der Waals surface area contributed by atoms with Gasteiger partial charge in [0.2, 0.25) is 11.8 Å². The van der Waals surface area contributed by atoms with Crippen LogP contribution >= 0.6 is 0 Å². The van der Waals surface area contributed by atoms with Crippen molar-refractivity contribution in [2.24, 2.45) is 5.41 Å². The van der Waals surface area contributed by atoms with Crippen molar-refractivity contribution in [1.82, 2.24) is 19.8 Å². The first-order valence-corrected chi connectivity index (χ1v) is 13.7. The van der Waals surface area contributed by atoms with Gasteiger partial charge in [-0.05, 0) is 43.7 Å². The summed E-state index contributed by atoms with van der Waals surface area (Å²) >= 11 is 0. The lowest BCUT2D eigenvalue weighted by molar-refractivity contribution is -0.130. The number of nitrogens with one attached hydrogen (secondary N) is 2. The molecule has 0 spiro atoms. The molecule has 1 aliphatic carbocycles. The maximum atomic E-state index is 13.3. The SMILES string of the molecule is Cc1ccc(S(=O)(=O)N2C=CNC(=O)[C@H]2CC(=O)NC2CCC(N3CCOCC3)CC2(C)C)cc1. The highest BCUT2D eigenvalue weighted by Gasteiger charge is 2.41. The molecule has 2 fully saturated rings. The van der Waals surface area contributed by atoms with E-state index in [1.807, 2.05) is 6.92 Å². The van der Waals surface area contributed by atoms with E-state index in [0.717, 1.165) is 55.4 Å². The van der Waals surface area contributed by atoms with Gasteiger partial charge in [0.15, 0.2) is 0 Å². The van der Waals surface area contributed by atoms with Crippen LogP contribution in [0.3, 0.4) is 0 Å². The highest BCUT2D eigenvalue weighted by atomic mass is 32.2. The fourth-order valence-corrected chi connectivity index (χ4v) is 6.77. The number of aryl methyl sites for hydroxylation is 1. The number of morpholine rings is 1. The van der Waals surface area contributed by atoms with Crippen molar-refractivity contribution in [2.75, 3.05) is 26.3 Å². The zero-order valence-electron chi connectivity index (χ0n) is 20.7. The molecule has 35 heavy (non-hydrogen) atoms. The smallest absolute Gasteiger partial charge is 0.264 e. The van der Waals surface area contributed by atoms with E-state index >= 15 is 0 Å². The van der Waals surface area contributed by atoms with Crippen molar-refractivity contribution < 1.29 is 22.7 Å². The van der Waals surface area contributed by atoms with Crippen LogP contribution < -0.4 is 10.6 Å². The summed E-state index contributed by atoms with van der Waals surface area (Å²) < 4.78 is 33.0. The Morgan fingerprint density at radius 3 is 2.51 bits per heavy atom. The molecule has 4 rings (SSSR count). The van der Waals surface area contributed by atoms with Gasteiger partial charge >= 0.3 is 0 Å². The minimum atomic E-state index is -3.99. The molecule has 1 aromatic carbocycles. The second-order valence-electron chi connectivity index (χ2n) is 10.4. The molecule has 0 aromatic heterocycles. The van der Waals surface area contributed by atoms with Crippen LogP contribution in [0.5, 0.6) is 0 Å². The van der Waals surface area contributed by atoms with Gasteiger partial charge in [-0.1, -0.05) is 31.5 Å². The molecule has 3 aliphatic rings. The second kappa shape index (κ2) is 10.3. The number of rotatable bonds is 6. The van der Waals surface area contributed by atoms with Crippen molar-refractivity contribution in [3.63, 3.8) is 0 Å². The van der Waals surface area contributed by atoms with Crippen molar-refractivity contribution in [2.45, 2.75) is 69.5 Å².